The van der Waals surface area contributed by atoms with Crippen LogP contribution in [0.5, 0.6) is 0 Å². The molecule has 2 bridgehead atoms. The molecule has 28 heavy (non-hydrogen) atoms. The Hall–Kier alpha value is -2.67. The summed E-state index contributed by atoms with van der Waals surface area (Å²) in [5, 5.41) is 0.371. The minimum Gasteiger partial charge on any atom is -0.463 e. The summed E-state index contributed by atoms with van der Waals surface area (Å²) in [6, 6.07) is 6.36. The van der Waals surface area contributed by atoms with Gasteiger partial charge >= 0.3 is 11.9 Å². The number of amides is 2. The number of esters is 2. The highest BCUT2D eigenvalue weighted by Crippen LogP contribution is 2.58. The molecular weight excluding hydrogens is 386 g/mol. The topological polar surface area (TPSA) is 90.0 Å². The molecule has 1 aromatic carbocycles. The zero-order valence-electron chi connectivity index (χ0n) is 15.5. The van der Waals surface area contributed by atoms with Gasteiger partial charge in [-0.25, -0.2) is 9.69 Å². The number of carbonyl (C=O) groups excluding carboxylic acids is 4. The molecule has 4 unspecified atom stereocenters. The van der Waals surface area contributed by atoms with Crippen molar-refractivity contribution in [3.63, 3.8) is 0 Å². The lowest BCUT2D eigenvalue weighted by Gasteiger charge is -2.48. The van der Waals surface area contributed by atoms with E-state index in [2.05, 4.69) is 0 Å². The van der Waals surface area contributed by atoms with Crippen LogP contribution >= 0.6 is 11.6 Å². The van der Waals surface area contributed by atoms with Gasteiger partial charge in [0.25, 0.3) is 0 Å². The van der Waals surface area contributed by atoms with Gasteiger partial charge in [0.2, 0.25) is 11.8 Å². The molecule has 0 radical (unpaired) electrons. The van der Waals surface area contributed by atoms with E-state index in [9.17, 15) is 19.2 Å². The van der Waals surface area contributed by atoms with Crippen molar-refractivity contribution in [3.05, 3.63) is 40.4 Å². The highest BCUT2D eigenvalue weighted by molar-refractivity contribution is 6.31. The molecule has 0 N–H and O–H groups in total. The van der Waals surface area contributed by atoms with Crippen molar-refractivity contribution in [1.29, 1.82) is 0 Å². The molecule has 8 heteroatoms. The first-order valence-electron chi connectivity index (χ1n) is 8.96. The monoisotopic (exact) mass is 403 g/mol. The number of carbonyl (C=O) groups is 4. The van der Waals surface area contributed by atoms with Gasteiger partial charge < -0.3 is 9.47 Å². The summed E-state index contributed by atoms with van der Waals surface area (Å²) in [6.45, 7) is 4.90. The average molecular weight is 404 g/mol. The van der Waals surface area contributed by atoms with Crippen LogP contribution in [0.4, 0.5) is 5.69 Å². The molecule has 146 valence electrons. The number of hydrogen-bond donors (Lipinski definition) is 0. The number of ether oxygens (including phenoxy) is 2. The maximum absolute atomic E-state index is 13.3. The first-order valence-corrected chi connectivity index (χ1v) is 9.34. The van der Waals surface area contributed by atoms with Crippen molar-refractivity contribution in [3.8, 4) is 0 Å². The fourth-order valence-electron chi connectivity index (χ4n) is 4.65. The molecule has 5 rings (SSSR count). The maximum atomic E-state index is 13.3. The van der Waals surface area contributed by atoms with Gasteiger partial charge in [0.05, 0.1) is 29.7 Å². The minimum absolute atomic E-state index is 0.117. The van der Waals surface area contributed by atoms with Crippen LogP contribution in [0.1, 0.15) is 20.8 Å². The van der Waals surface area contributed by atoms with Crippen LogP contribution in [0.25, 0.3) is 0 Å². The second-order valence-electron chi connectivity index (χ2n) is 7.30. The number of halogens is 1. The Balaban J connectivity index is 1.86. The van der Waals surface area contributed by atoms with Crippen LogP contribution in [-0.4, -0.2) is 36.5 Å². The number of fused-ring (bicyclic) bond motifs is 1. The third-order valence-electron chi connectivity index (χ3n) is 5.84. The number of imide groups is 1. The standard InChI is InChI=1S/C20H18ClNO6/c1-4-27-18(25)13-9(2)15-12-14(20(13,3)19(26)28-15)17(24)22(16(12)23)11-7-5-6-10(21)8-11/h5-8,12,14-15H,4H2,1-3H3. The molecule has 2 saturated heterocycles. The largest absolute Gasteiger partial charge is 0.463 e. The van der Waals surface area contributed by atoms with Gasteiger partial charge in [0.1, 0.15) is 11.5 Å². The second kappa shape index (κ2) is 6.17. The predicted octanol–water partition coefficient (Wildman–Crippen LogP) is 2.27. The molecule has 0 spiro atoms. The summed E-state index contributed by atoms with van der Waals surface area (Å²) in [5.41, 5.74) is -0.694. The highest BCUT2D eigenvalue weighted by Gasteiger charge is 2.71. The second-order valence-corrected chi connectivity index (χ2v) is 7.74. The van der Waals surface area contributed by atoms with Crippen molar-refractivity contribution >= 4 is 41.0 Å². The minimum atomic E-state index is -1.59. The summed E-state index contributed by atoms with van der Waals surface area (Å²) < 4.78 is 10.6. The molecule has 1 aromatic rings. The van der Waals surface area contributed by atoms with E-state index in [0.29, 0.717) is 16.3 Å². The molecular formula is C20H18ClNO6. The summed E-state index contributed by atoms with van der Waals surface area (Å²) in [6.07, 6.45) is -0.973. The molecule has 7 nitrogen and oxygen atoms in total. The molecule has 0 saturated carbocycles. The maximum Gasteiger partial charge on any atom is 0.335 e. The molecule has 0 aromatic heterocycles. The van der Waals surface area contributed by atoms with Crippen LogP contribution < -0.4 is 4.90 Å². The van der Waals surface area contributed by atoms with Crippen LogP contribution in [0.2, 0.25) is 5.02 Å². The van der Waals surface area contributed by atoms with E-state index >= 15 is 0 Å². The van der Waals surface area contributed by atoms with Crippen LogP contribution in [0, 0.1) is 17.3 Å². The molecule has 4 aliphatic rings. The zero-order valence-corrected chi connectivity index (χ0v) is 16.3. The van der Waals surface area contributed by atoms with Crippen LogP contribution in [0.15, 0.2) is 35.4 Å². The Labute approximate surface area is 166 Å². The summed E-state index contributed by atoms with van der Waals surface area (Å²) in [5.74, 6) is -4.29. The van der Waals surface area contributed by atoms with E-state index < -0.39 is 47.1 Å². The molecule has 4 atom stereocenters. The first-order chi connectivity index (χ1) is 13.2. The van der Waals surface area contributed by atoms with Gasteiger partial charge in [-0.05, 0) is 44.5 Å². The van der Waals surface area contributed by atoms with E-state index in [0.717, 1.165) is 4.90 Å². The Morgan fingerprint density at radius 2 is 2.00 bits per heavy atom. The lowest BCUT2D eigenvalue weighted by atomic mass is 9.57. The smallest absolute Gasteiger partial charge is 0.335 e. The summed E-state index contributed by atoms with van der Waals surface area (Å²) >= 11 is 6.02. The average Bonchev–Trinajstić information content (AvgIpc) is 2.89. The molecule has 2 fully saturated rings. The Morgan fingerprint density at radius 1 is 1.29 bits per heavy atom. The summed E-state index contributed by atoms with van der Waals surface area (Å²) in [4.78, 5) is 52.9. The molecule has 3 aliphatic heterocycles. The quantitative estimate of drug-likeness (QED) is 0.568. The number of anilines is 1. The number of hydrogen-bond acceptors (Lipinski definition) is 6. The van der Waals surface area contributed by atoms with Gasteiger partial charge in [0.15, 0.2) is 0 Å². The van der Waals surface area contributed by atoms with E-state index in [1.165, 1.54) is 13.0 Å². The third kappa shape index (κ3) is 2.22. The lowest BCUT2D eigenvalue weighted by molar-refractivity contribution is -0.184. The van der Waals surface area contributed by atoms with Crippen molar-refractivity contribution in [1.82, 2.24) is 0 Å². The fraction of sp³-hybridized carbons (Fsp3) is 0.400. The predicted molar refractivity (Wildman–Crippen MR) is 98.2 cm³/mol. The van der Waals surface area contributed by atoms with E-state index in [4.69, 9.17) is 21.1 Å². The van der Waals surface area contributed by atoms with Crippen molar-refractivity contribution < 1.29 is 28.7 Å². The van der Waals surface area contributed by atoms with Crippen molar-refractivity contribution in [2.75, 3.05) is 11.5 Å². The Morgan fingerprint density at radius 3 is 2.64 bits per heavy atom. The molecule has 3 heterocycles. The molecule has 2 amide bonds. The van der Waals surface area contributed by atoms with Gasteiger partial charge in [-0.1, -0.05) is 17.7 Å². The van der Waals surface area contributed by atoms with E-state index in [1.807, 2.05) is 0 Å². The summed E-state index contributed by atoms with van der Waals surface area (Å²) in [7, 11) is 0. The SMILES string of the molecule is CCOC(=O)C1=C(C)C2OC(=O)C1(C)C1C(=O)N(c3cccc(Cl)c3)C(=O)C21. The number of nitrogens with zero attached hydrogens (tertiary/aromatic N) is 1. The number of rotatable bonds is 3. The zero-order chi connectivity index (χ0) is 20.4. The Bertz CT molecular complexity index is 969. The lowest BCUT2D eigenvalue weighted by Crippen LogP contribution is -2.60. The normalized spacial score (nSPS) is 31.2. The van der Waals surface area contributed by atoms with E-state index in [1.54, 1.807) is 32.0 Å². The third-order valence-corrected chi connectivity index (χ3v) is 6.08. The fourth-order valence-corrected chi connectivity index (χ4v) is 4.84. The van der Waals surface area contributed by atoms with Crippen LogP contribution in [-0.2, 0) is 28.7 Å². The van der Waals surface area contributed by atoms with Gasteiger partial charge in [0, 0.05) is 5.02 Å². The van der Waals surface area contributed by atoms with Crippen molar-refractivity contribution in [2.45, 2.75) is 26.9 Å². The first kappa shape index (κ1) is 18.7. The van der Waals surface area contributed by atoms with Gasteiger partial charge in [-0.2, -0.15) is 0 Å². The molecule has 1 aliphatic carbocycles. The van der Waals surface area contributed by atoms with Gasteiger partial charge in [-0.15, -0.1) is 0 Å². The number of benzene rings is 1. The van der Waals surface area contributed by atoms with E-state index in [-0.39, 0.29) is 12.2 Å². The highest BCUT2D eigenvalue weighted by atomic mass is 35.5. The van der Waals surface area contributed by atoms with Gasteiger partial charge in [-0.3, -0.25) is 14.4 Å². The van der Waals surface area contributed by atoms with Crippen LogP contribution in [0.3, 0.4) is 0 Å². The Kier molecular flexibility index (Phi) is 4.12. The van der Waals surface area contributed by atoms with Crippen molar-refractivity contribution in [2.24, 2.45) is 17.3 Å².